The average Bonchev–Trinajstić information content (AvgIpc) is 3.65. The molecule has 3 fully saturated rings. The standard InChI is InChI=1S/C41H42N4O6/c46-27-28-9-11-30(12-10-28)38-23-33(26-45-19-17-41(18-20-45)48-21-22-49-41)50-40(51-38)31-15-13-29(14-16-31)34-6-2-1-5-32(34)24-43-39(47)37-25-42-35-7-3-4-8-36(35)44-37/h1-16,25,33,38,40,46H,17-24,26-27H2,(H,43,47)/t33-,38+,40+/m1/s1. The van der Waals surface area contributed by atoms with E-state index in [4.69, 9.17) is 18.9 Å². The Kier molecular flexibility index (Phi) is 9.86. The van der Waals surface area contributed by atoms with Crippen LogP contribution in [0.3, 0.4) is 0 Å². The first-order valence-electron chi connectivity index (χ1n) is 17.7. The number of carbonyl (C=O) groups excluding carboxylic acids is 1. The Balaban J connectivity index is 0.967. The molecule has 262 valence electrons. The van der Waals surface area contributed by atoms with E-state index in [1.54, 1.807) is 0 Å². The molecule has 4 aromatic carbocycles. The van der Waals surface area contributed by atoms with Gasteiger partial charge in [-0.2, -0.15) is 0 Å². The number of aromatic nitrogens is 2. The quantitative estimate of drug-likeness (QED) is 0.190. The van der Waals surface area contributed by atoms with Crippen LogP contribution in [0.2, 0.25) is 0 Å². The summed E-state index contributed by atoms with van der Waals surface area (Å²) in [7, 11) is 0. The summed E-state index contributed by atoms with van der Waals surface area (Å²) < 4.78 is 25.2. The molecular formula is C41H42N4O6. The van der Waals surface area contributed by atoms with E-state index < -0.39 is 12.1 Å². The van der Waals surface area contributed by atoms with Gasteiger partial charge in [-0.1, -0.05) is 84.9 Å². The van der Waals surface area contributed by atoms with Gasteiger partial charge in [-0.15, -0.1) is 0 Å². The molecule has 3 atom stereocenters. The number of amides is 1. The Morgan fingerprint density at radius 3 is 2.31 bits per heavy atom. The van der Waals surface area contributed by atoms with Crippen LogP contribution in [-0.4, -0.2) is 70.6 Å². The second kappa shape index (κ2) is 15.0. The van der Waals surface area contributed by atoms with Crippen LogP contribution >= 0.6 is 0 Å². The normalized spacial score (nSPS) is 21.9. The van der Waals surface area contributed by atoms with Crippen molar-refractivity contribution in [3.63, 3.8) is 0 Å². The molecule has 2 N–H and O–H groups in total. The number of aliphatic hydroxyl groups is 1. The highest BCUT2D eigenvalue weighted by Crippen LogP contribution is 2.40. The van der Waals surface area contributed by atoms with E-state index in [1.807, 2.05) is 66.7 Å². The van der Waals surface area contributed by atoms with Crippen molar-refractivity contribution in [2.24, 2.45) is 0 Å². The maximum Gasteiger partial charge on any atom is 0.271 e. The number of carbonyl (C=O) groups is 1. The highest BCUT2D eigenvalue weighted by Gasteiger charge is 2.41. The molecule has 10 heteroatoms. The molecule has 3 aliphatic rings. The van der Waals surface area contributed by atoms with Gasteiger partial charge in [0.25, 0.3) is 5.91 Å². The van der Waals surface area contributed by atoms with E-state index in [2.05, 4.69) is 50.5 Å². The minimum absolute atomic E-state index is 0.00499. The van der Waals surface area contributed by atoms with Gasteiger partial charge in [0.1, 0.15) is 5.69 Å². The van der Waals surface area contributed by atoms with E-state index in [0.29, 0.717) is 25.3 Å². The molecule has 0 saturated carbocycles. The third kappa shape index (κ3) is 7.57. The maximum atomic E-state index is 13.0. The molecule has 51 heavy (non-hydrogen) atoms. The van der Waals surface area contributed by atoms with E-state index in [0.717, 1.165) is 77.8 Å². The van der Waals surface area contributed by atoms with Gasteiger partial charge in [0.2, 0.25) is 0 Å². The van der Waals surface area contributed by atoms with Crippen molar-refractivity contribution in [2.75, 3.05) is 32.8 Å². The number of hydrogen-bond donors (Lipinski definition) is 2. The van der Waals surface area contributed by atoms with Crippen molar-refractivity contribution < 1.29 is 28.8 Å². The van der Waals surface area contributed by atoms with Crippen LogP contribution in [0.1, 0.15) is 64.4 Å². The molecule has 5 aromatic rings. The van der Waals surface area contributed by atoms with Crippen LogP contribution in [0.25, 0.3) is 22.2 Å². The van der Waals surface area contributed by atoms with Crippen molar-refractivity contribution in [1.29, 1.82) is 0 Å². The van der Waals surface area contributed by atoms with Crippen LogP contribution in [-0.2, 0) is 32.1 Å². The molecule has 3 saturated heterocycles. The molecule has 0 bridgehead atoms. The number of likely N-dealkylation sites (tertiary alicyclic amines) is 1. The molecule has 4 heterocycles. The predicted molar refractivity (Wildman–Crippen MR) is 191 cm³/mol. The van der Waals surface area contributed by atoms with Crippen LogP contribution in [0.5, 0.6) is 0 Å². The first kappa shape index (κ1) is 33.6. The van der Waals surface area contributed by atoms with Gasteiger partial charge in [-0.05, 0) is 39.9 Å². The van der Waals surface area contributed by atoms with Crippen LogP contribution in [0, 0.1) is 0 Å². The first-order valence-corrected chi connectivity index (χ1v) is 17.7. The molecule has 0 unspecified atom stereocenters. The molecule has 1 spiro atoms. The number of benzene rings is 4. The number of para-hydroxylation sites is 2. The fourth-order valence-corrected chi connectivity index (χ4v) is 7.29. The lowest BCUT2D eigenvalue weighted by molar-refractivity contribution is -0.255. The zero-order valence-corrected chi connectivity index (χ0v) is 28.4. The molecule has 1 aromatic heterocycles. The Morgan fingerprint density at radius 2 is 1.55 bits per heavy atom. The molecule has 10 nitrogen and oxygen atoms in total. The molecule has 1 amide bonds. The topological polar surface area (TPSA) is 115 Å². The Morgan fingerprint density at radius 1 is 0.843 bits per heavy atom. The maximum absolute atomic E-state index is 13.0. The van der Waals surface area contributed by atoms with Crippen molar-refractivity contribution in [1.82, 2.24) is 20.2 Å². The predicted octanol–water partition coefficient (Wildman–Crippen LogP) is 6.10. The zero-order valence-electron chi connectivity index (χ0n) is 28.4. The summed E-state index contributed by atoms with van der Waals surface area (Å²) >= 11 is 0. The minimum Gasteiger partial charge on any atom is -0.392 e. The number of ether oxygens (including phenoxy) is 4. The Hall–Kier alpha value is -4.55. The number of rotatable bonds is 9. The fourth-order valence-electron chi connectivity index (χ4n) is 7.29. The summed E-state index contributed by atoms with van der Waals surface area (Å²) in [5.74, 6) is -0.686. The molecule has 0 radical (unpaired) electrons. The third-order valence-corrected chi connectivity index (χ3v) is 10.1. The Labute approximate surface area is 297 Å². The van der Waals surface area contributed by atoms with Gasteiger partial charge in [-0.25, -0.2) is 4.98 Å². The second-order valence-corrected chi connectivity index (χ2v) is 13.5. The van der Waals surface area contributed by atoms with E-state index in [1.165, 1.54) is 6.20 Å². The van der Waals surface area contributed by atoms with Crippen molar-refractivity contribution in [3.8, 4) is 11.1 Å². The first-order chi connectivity index (χ1) is 25.0. The van der Waals surface area contributed by atoms with E-state index in [-0.39, 0.29) is 30.4 Å². The van der Waals surface area contributed by atoms with Gasteiger partial charge in [0.15, 0.2) is 12.1 Å². The van der Waals surface area contributed by atoms with Gasteiger partial charge >= 0.3 is 0 Å². The molecule has 3 aliphatic heterocycles. The summed E-state index contributed by atoms with van der Waals surface area (Å²) in [6, 6.07) is 31.8. The van der Waals surface area contributed by atoms with Crippen molar-refractivity contribution >= 4 is 16.9 Å². The van der Waals surface area contributed by atoms with Gasteiger partial charge in [0, 0.05) is 51.0 Å². The SMILES string of the molecule is O=C(NCc1ccccc1-c1ccc([C@H]2O[C@@H](CN3CCC4(CC3)OCCO4)C[C@@H](c3ccc(CO)cc3)O2)cc1)c1cnc2ccccc2n1. The van der Waals surface area contributed by atoms with Gasteiger partial charge in [0.05, 0.1) is 49.3 Å². The average molecular weight is 687 g/mol. The highest BCUT2D eigenvalue weighted by molar-refractivity contribution is 5.93. The number of nitrogens with one attached hydrogen (secondary N) is 1. The monoisotopic (exact) mass is 686 g/mol. The summed E-state index contributed by atoms with van der Waals surface area (Å²) in [4.78, 5) is 24.3. The largest absolute Gasteiger partial charge is 0.392 e. The third-order valence-electron chi connectivity index (χ3n) is 10.1. The zero-order chi connectivity index (χ0) is 34.6. The summed E-state index contributed by atoms with van der Waals surface area (Å²) in [6.45, 7) is 4.27. The number of hydrogen-bond acceptors (Lipinski definition) is 9. The minimum atomic E-state index is -0.546. The van der Waals surface area contributed by atoms with Gasteiger partial charge < -0.3 is 34.3 Å². The molecule has 8 rings (SSSR count). The number of nitrogens with zero attached hydrogens (tertiary/aromatic N) is 3. The summed E-state index contributed by atoms with van der Waals surface area (Å²) in [6.07, 6.45) is 3.21. The lowest BCUT2D eigenvalue weighted by Gasteiger charge is -2.41. The van der Waals surface area contributed by atoms with Crippen molar-refractivity contribution in [3.05, 3.63) is 131 Å². The van der Waals surface area contributed by atoms with E-state index in [9.17, 15) is 9.90 Å². The smallest absolute Gasteiger partial charge is 0.271 e. The molecule has 0 aliphatic carbocycles. The number of fused-ring (bicyclic) bond motifs is 1. The lowest BCUT2D eigenvalue weighted by atomic mass is 9.97. The number of aliphatic hydroxyl groups excluding tert-OH is 1. The molecular weight excluding hydrogens is 644 g/mol. The van der Waals surface area contributed by atoms with Crippen LogP contribution < -0.4 is 5.32 Å². The summed E-state index contributed by atoms with van der Waals surface area (Å²) in [5, 5.41) is 12.6. The second-order valence-electron chi connectivity index (χ2n) is 13.5. The van der Waals surface area contributed by atoms with Crippen LogP contribution in [0.4, 0.5) is 0 Å². The van der Waals surface area contributed by atoms with Gasteiger partial charge in [-0.3, -0.25) is 9.78 Å². The fraction of sp³-hybridized carbons (Fsp3) is 0.341. The van der Waals surface area contributed by atoms with Crippen LogP contribution in [0.15, 0.2) is 103 Å². The van der Waals surface area contributed by atoms with E-state index >= 15 is 0 Å². The Bertz CT molecular complexity index is 1950. The summed E-state index contributed by atoms with van der Waals surface area (Å²) in [5.41, 5.74) is 7.63. The lowest BCUT2D eigenvalue weighted by Crippen LogP contribution is -2.48. The highest BCUT2D eigenvalue weighted by atomic mass is 16.7. The number of piperidine rings is 1. The van der Waals surface area contributed by atoms with Crippen molar-refractivity contribution in [2.45, 2.75) is 56.7 Å².